The lowest BCUT2D eigenvalue weighted by molar-refractivity contribution is -0.166. The van der Waals surface area contributed by atoms with Crippen LogP contribution >= 0.6 is 0 Å². The molecule has 3 aromatic rings. The van der Waals surface area contributed by atoms with Gasteiger partial charge in [0.25, 0.3) is 10.0 Å². The van der Waals surface area contributed by atoms with E-state index < -0.39 is 28.1 Å². The lowest BCUT2D eigenvalue weighted by Gasteiger charge is -2.28. The van der Waals surface area contributed by atoms with Crippen LogP contribution < -0.4 is 15.4 Å². The van der Waals surface area contributed by atoms with E-state index in [1.807, 2.05) is 30.3 Å². The molecule has 1 heterocycles. The number of hydroxylamine groups is 1. The van der Waals surface area contributed by atoms with Crippen LogP contribution in [0, 0.1) is 0 Å². The number of sulfonamides is 1. The number of carboxylic acid groups (broad SMARTS) is 1. The Balaban J connectivity index is 1.41. The van der Waals surface area contributed by atoms with Crippen molar-refractivity contribution in [3.8, 4) is 16.9 Å². The third-order valence-corrected chi connectivity index (χ3v) is 9.16. The molecule has 1 aliphatic heterocycles. The first-order chi connectivity index (χ1) is 22.8. The van der Waals surface area contributed by atoms with Gasteiger partial charge in [0.2, 0.25) is 0 Å². The molecule has 0 unspecified atom stereocenters. The van der Waals surface area contributed by atoms with Crippen LogP contribution in [0.5, 0.6) is 5.75 Å². The summed E-state index contributed by atoms with van der Waals surface area (Å²) in [4.78, 5) is 32.4. The molecule has 1 fully saturated rings. The summed E-state index contributed by atoms with van der Waals surface area (Å²) in [6.07, 6.45) is -1.05. The molecule has 13 nitrogen and oxygen atoms in total. The number of amides is 1. The first kappa shape index (κ1) is 35.8. The lowest BCUT2D eigenvalue weighted by atomic mass is 10.1. The molecule has 3 N–H and O–H groups in total. The molecular weight excluding hydrogens is 628 g/mol. The van der Waals surface area contributed by atoms with Gasteiger partial charge in [0, 0.05) is 39.3 Å². The van der Waals surface area contributed by atoms with E-state index in [1.165, 1.54) is 12.1 Å². The zero-order chi connectivity index (χ0) is 33.5. The van der Waals surface area contributed by atoms with Crippen molar-refractivity contribution in [2.45, 2.75) is 24.0 Å². The highest BCUT2D eigenvalue weighted by Crippen LogP contribution is 2.26. The molecule has 0 radical (unpaired) electrons. The number of aliphatic carboxylic acids is 1. The number of methoxy groups -OCH3 is 1. The second-order valence-corrected chi connectivity index (χ2v) is 12.5. The molecule has 14 heteroatoms. The van der Waals surface area contributed by atoms with Crippen molar-refractivity contribution in [3.63, 3.8) is 0 Å². The van der Waals surface area contributed by atoms with E-state index in [1.54, 1.807) is 43.5 Å². The second kappa shape index (κ2) is 18.3. The van der Waals surface area contributed by atoms with E-state index in [4.69, 9.17) is 19.0 Å². The highest BCUT2D eigenvalue weighted by atomic mass is 32.2. The summed E-state index contributed by atoms with van der Waals surface area (Å²) in [7, 11) is -2.90. The van der Waals surface area contributed by atoms with Gasteiger partial charge >= 0.3 is 12.1 Å². The number of carboxylic acids is 1. The molecule has 0 aliphatic carbocycles. The normalized spacial score (nSPS) is 14.4. The van der Waals surface area contributed by atoms with Crippen molar-refractivity contribution >= 4 is 22.1 Å². The van der Waals surface area contributed by atoms with Gasteiger partial charge in [-0.15, -0.1) is 0 Å². The number of hydrogen-bond donors (Lipinski definition) is 3. The number of benzene rings is 3. The van der Waals surface area contributed by atoms with Gasteiger partial charge in [0.05, 0.1) is 31.8 Å². The molecule has 3 aromatic carbocycles. The molecule has 4 rings (SSSR count). The number of ether oxygens (including phenoxy) is 3. The average Bonchev–Trinajstić information content (AvgIpc) is 3.10. The SMILES string of the molecule is COc1ccc(-c2ccc(S(=O)(=O)N(OCCOCCN3CCNCC3)[C@H](CCNC(=O)OCc3ccccc3)C(=O)O)cc2)cc1. The van der Waals surface area contributed by atoms with Gasteiger partial charge in [-0.05, 0) is 47.4 Å². The molecule has 1 amide bonds. The van der Waals surface area contributed by atoms with Crippen molar-refractivity contribution in [3.05, 3.63) is 84.4 Å². The van der Waals surface area contributed by atoms with Crippen LogP contribution in [0.2, 0.25) is 0 Å². The molecule has 1 aliphatic rings. The predicted octanol–water partition coefficient (Wildman–Crippen LogP) is 2.98. The van der Waals surface area contributed by atoms with Gasteiger partial charge in [-0.1, -0.05) is 59.1 Å². The Morgan fingerprint density at radius 1 is 0.936 bits per heavy atom. The van der Waals surface area contributed by atoms with Crippen LogP contribution in [0.15, 0.2) is 83.8 Å². The minimum Gasteiger partial charge on any atom is -0.497 e. The number of nitrogens with one attached hydrogen (secondary N) is 2. The summed E-state index contributed by atoms with van der Waals surface area (Å²) < 4.78 is 44.2. The quantitative estimate of drug-likeness (QED) is 0.135. The van der Waals surface area contributed by atoms with E-state index in [0.717, 1.165) is 42.9 Å². The average molecular weight is 671 g/mol. The first-order valence-corrected chi connectivity index (χ1v) is 16.8. The number of rotatable bonds is 18. The fraction of sp³-hybridized carbons (Fsp3) is 0.394. The van der Waals surface area contributed by atoms with Gasteiger partial charge < -0.3 is 30.0 Å². The zero-order valence-electron chi connectivity index (χ0n) is 26.4. The molecular formula is C33H42N4O9S. The van der Waals surface area contributed by atoms with Crippen molar-refractivity contribution in [1.82, 2.24) is 20.0 Å². The first-order valence-electron chi connectivity index (χ1n) is 15.4. The number of nitrogens with zero attached hydrogens (tertiary/aromatic N) is 2. The van der Waals surface area contributed by atoms with E-state index >= 15 is 0 Å². The fourth-order valence-electron chi connectivity index (χ4n) is 4.85. The van der Waals surface area contributed by atoms with Crippen LogP contribution in [-0.2, 0) is 35.7 Å². The highest BCUT2D eigenvalue weighted by Gasteiger charge is 2.37. The molecule has 0 spiro atoms. The molecule has 0 saturated carbocycles. The van der Waals surface area contributed by atoms with Crippen molar-refractivity contribution in [2.24, 2.45) is 0 Å². The second-order valence-electron chi connectivity index (χ2n) is 10.7. The van der Waals surface area contributed by atoms with E-state index in [0.29, 0.717) is 23.4 Å². The topological polar surface area (TPSA) is 156 Å². The third-order valence-electron chi connectivity index (χ3n) is 7.46. The summed E-state index contributed by atoms with van der Waals surface area (Å²) in [5.74, 6) is -0.755. The van der Waals surface area contributed by atoms with E-state index in [9.17, 15) is 23.1 Å². The van der Waals surface area contributed by atoms with Crippen molar-refractivity contribution < 1.29 is 42.2 Å². The van der Waals surface area contributed by atoms with Crippen LogP contribution in [-0.4, -0.2) is 107 Å². The maximum absolute atomic E-state index is 13.8. The lowest BCUT2D eigenvalue weighted by Crippen LogP contribution is -2.47. The van der Waals surface area contributed by atoms with Gasteiger partial charge in [-0.25, -0.2) is 13.2 Å². The van der Waals surface area contributed by atoms with Gasteiger partial charge in [0.15, 0.2) is 6.04 Å². The van der Waals surface area contributed by atoms with E-state index in [-0.39, 0.29) is 37.7 Å². The molecule has 0 aromatic heterocycles. The summed E-state index contributed by atoms with van der Waals surface area (Å²) >= 11 is 0. The zero-order valence-corrected chi connectivity index (χ0v) is 27.2. The Hall–Kier alpha value is -4.05. The van der Waals surface area contributed by atoms with Crippen LogP contribution in [0.1, 0.15) is 12.0 Å². The Morgan fingerprint density at radius 3 is 2.23 bits per heavy atom. The number of piperazine rings is 1. The predicted molar refractivity (Wildman–Crippen MR) is 174 cm³/mol. The number of carbonyl (C=O) groups is 2. The smallest absolute Gasteiger partial charge is 0.407 e. The minimum absolute atomic E-state index is 0.0276. The molecule has 0 bridgehead atoms. The Kier molecular flexibility index (Phi) is 14.0. The van der Waals surface area contributed by atoms with Crippen molar-refractivity contribution in [2.75, 3.05) is 66.2 Å². The summed E-state index contributed by atoms with van der Waals surface area (Å²) in [6, 6.07) is 20.7. The maximum atomic E-state index is 13.8. The molecule has 1 atom stereocenters. The van der Waals surface area contributed by atoms with Gasteiger partial charge in [0.1, 0.15) is 12.4 Å². The third kappa shape index (κ3) is 11.0. The monoisotopic (exact) mass is 670 g/mol. The Morgan fingerprint density at radius 2 is 1.60 bits per heavy atom. The minimum atomic E-state index is -4.47. The van der Waals surface area contributed by atoms with Crippen molar-refractivity contribution in [1.29, 1.82) is 0 Å². The maximum Gasteiger partial charge on any atom is 0.407 e. The summed E-state index contributed by atoms with van der Waals surface area (Å²) in [6.45, 7) is 4.46. The molecule has 47 heavy (non-hydrogen) atoms. The molecule has 1 saturated heterocycles. The van der Waals surface area contributed by atoms with Gasteiger partial charge in [-0.2, -0.15) is 0 Å². The number of alkyl carbamates (subject to hydrolysis) is 1. The Bertz CT molecular complexity index is 1500. The largest absolute Gasteiger partial charge is 0.497 e. The molecule has 254 valence electrons. The van der Waals surface area contributed by atoms with Crippen LogP contribution in [0.25, 0.3) is 11.1 Å². The highest BCUT2D eigenvalue weighted by molar-refractivity contribution is 7.89. The standard InChI is InChI=1S/C33H42N4O9S/c1-43-29-11-7-27(8-12-29)28-9-13-30(14-10-28)47(41,42)37(46-24-23-44-22-21-36-19-17-34-18-20-36)31(32(38)39)15-16-35-33(40)45-25-26-5-3-2-4-6-26/h2-14,31,34H,15-25H2,1H3,(H,35,40)(H,38,39)/t31-/m1/s1. The van der Waals surface area contributed by atoms with Crippen LogP contribution in [0.4, 0.5) is 4.79 Å². The fourth-order valence-corrected chi connectivity index (χ4v) is 6.29. The van der Waals surface area contributed by atoms with Crippen LogP contribution in [0.3, 0.4) is 0 Å². The van der Waals surface area contributed by atoms with E-state index in [2.05, 4.69) is 15.5 Å². The summed E-state index contributed by atoms with van der Waals surface area (Å²) in [5, 5.41) is 15.9. The van der Waals surface area contributed by atoms with Gasteiger partial charge in [-0.3, -0.25) is 14.5 Å². The number of hydrogen-bond acceptors (Lipinski definition) is 10. The number of carbonyl (C=O) groups excluding carboxylic acids is 1. The summed E-state index contributed by atoms with van der Waals surface area (Å²) in [5.41, 5.74) is 2.38. The Labute approximate surface area is 275 Å².